The van der Waals surface area contributed by atoms with Gasteiger partial charge in [-0.3, -0.25) is 9.59 Å². The minimum absolute atomic E-state index is 0.140. The van der Waals surface area contributed by atoms with E-state index in [0.29, 0.717) is 42.7 Å². The van der Waals surface area contributed by atoms with E-state index in [1.54, 1.807) is 25.1 Å². The second-order valence-electron chi connectivity index (χ2n) is 5.69. The number of hydrogen-bond acceptors (Lipinski definition) is 8. The third-order valence-electron chi connectivity index (χ3n) is 3.62. The van der Waals surface area contributed by atoms with Gasteiger partial charge < -0.3 is 19.5 Å². The number of esters is 1. The monoisotopic (exact) mass is 408 g/mol. The van der Waals surface area contributed by atoms with Gasteiger partial charge in [0.15, 0.2) is 15.8 Å². The van der Waals surface area contributed by atoms with Crippen molar-refractivity contribution in [2.45, 2.75) is 29.9 Å². The lowest BCUT2D eigenvalue weighted by molar-refractivity contribution is -0.142. The van der Waals surface area contributed by atoms with E-state index in [1.807, 2.05) is 12.3 Å². The number of nitrogens with zero attached hydrogens (tertiary/aromatic N) is 1. The number of carbonyl (C=O) groups is 2. The van der Waals surface area contributed by atoms with Gasteiger partial charge in [-0.05, 0) is 26.0 Å². The van der Waals surface area contributed by atoms with Gasteiger partial charge in [-0.2, -0.15) is 0 Å². The van der Waals surface area contributed by atoms with Gasteiger partial charge in [0.25, 0.3) is 0 Å². The summed E-state index contributed by atoms with van der Waals surface area (Å²) in [7, 11) is 0. The quantitative estimate of drug-likeness (QED) is 0.556. The number of ether oxygens (including phenoxy) is 3. The Balaban J connectivity index is 1.55. The smallest absolute Gasteiger partial charge is 0.311 e. The first kappa shape index (κ1) is 19.5. The molecule has 0 saturated heterocycles. The van der Waals surface area contributed by atoms with Crippen LogP contribution in [0.1, 0.15) is 19.5 Å². The summed E-state index contributed by atoms with van der Waals surface area (Å²) in [6.07, 6.45) is 0.142. The van der Waals surface area contributed by atoms with Crippen molar-refractivity contribution >= 4 is 40.7 Å². The van der Waals surface area contributed by atoms with Gasteiger partial charge in [-0.1, -0.05) is 11.8 Å². The number of aromatic nitrogens is 1. The summed E-state index contributed by atoms with van der Waals surface area (Å²) in [5.74, 6) is 0.865. The highest BCUT2D eigenvalue weighted by Gasteiger charge is 2.19. The molecule has 1 aliphatic rings. The summed E-state index contributed by atoms with van der Waals surface area (Å²) in [5.41, 5.74) is 1.30. The molecule has 1 aromatic carbocycles. The highest BCUT2D eigenvalue weighted by Crippen LogP contribution is 2.33. The predicted molar refractivity (Wildman–Crippen MR) is 104 cm³/mol. The lowest BCUT2D eigenvalue weighted by Gasteiger charge is -2.19. The summed E-state index contributed by atoms with van der Waals surface area (Å²) >= 11 is 2.76. The lowest BCUT2D eigenvalue weighted by atomic mass is 10.2. The van der Waals surface area contributed by atoms with Crippen LogP contribution in [0.25, 0.3) is 0 Å². The van der Waals surface area contributed by atoms with Crippen molar-refractivity contribution in [3.8, 4) is 11.5 Å². The first-order valence-electron chi connectivity index (χ1n) is 8.52. The van der Waals surface area contributed by atoms with Gasteiger partial charge in [-0.25, -0.2) is 4.98 Å². The zero-order valence-corrected chi connectivity index (χ0v) is 16.7. The maximum Gasteiger partial charge on any atom is 0.311 e. The van der Waals surface area contributed by atoms with E-state index in [4.69, 9.17) is 14.2 Å². The van der Waals surface area contributed by atoms with Crippen LogP contribution in [-0.2, 0) is 20.7 Å². The van der Waals surface area contributed by atoms with E-state index in [2.05, 4.69) is 10.3 Å². The van der Waals surface area contributed by atoms with E-state index in [9.17, 15) is 9.59 Å². The molecule has 0 spiro atoms. The number of nitrogens with one attached hydrogen (secondary N) is 1. The molecule has 3 rings (SSSR count). The molecule has 2 aromatic rings. The zero-order chi connectivity index (χ0) is 19.2. The summed E-state index contributed by atoms with van der Waals surface area (Å²) in [6.45, 7) is 4.95. The minimum Gasteiger partial charge on any atom is -0.486 e. The third-order valence-corrected chi connectivity index (χ3v) is 5.74. The van der Waals surface area contributed by atoms with E-state index in [-0.39, 0.29) is 23.5 Å². The fourth-order valence-electron chi connectivity index (χ4n) is 2.35. The van der Waals surface area contributed by atoms with E-state index < -0.39 is 0 Å². The van der Waals surface area contributed by atoms with Gasteiger partial charge in [-0.15, -0.1) is 11.3 Å². The summed E-state index contributed by atoms with van der Waals surface area (Å²) in [6, 6.07) is 5.32. The number of thiazole rings is 1. The standard InChI is InChI=1S/C18H20N2O5S2/c1-3-23-16(21)9-13-10-26-18(20-13)27-11(2)17(22)19-12-4-5-14-15(8-12)25-7-6-24-14/h4-5,8,10-11H,3,6-7,9H2,1-2H3,(H,19,22). The van der Waals surface area contributed by atoms with Crippen LogP contribution in [0, 0.1) is 0 Å². The number of fused-ring (bicyclic) bond motifs is 1. The number of thioether (sulfide) groups is 1. The van der Waals surface area contributed by atoms with Crippen LogP contribution in [-0.4, -0.2) is 41.9 Å². The molecule has 1 unspecified atom stereocenters. The Bertz CT molecular complexity index is 824. The van der Waals surface area contributed by atoms with Crippen LogP contribution >= 0.6 is 23.1 Å². The van der Waals surface area contributed by atoms with Gasteiger partial charge in [0.1, 0.15) is 13.2 Å². The molecule has 1 amide bonds. The zero-order valence-electron chi connectivity index (χ0n) is 15.0. The molecule has 0 fully saturated rings. The van der Waals surface area contributed by atoms with Crippen molar-refractivity contribution in [1.82, 2.24) is 4.98 Å². The molecule has 1 atom stereocenters. The molecule has 1 N–H and O–H groups in total. The lowest BCUT2D eigenvalue weighted by Crippen LogP contribution is -2.22. The minimum atomic E-state index is -0.347. The largest absolute Gasteiger partial charge is 0.486 e. The van der Waals surface area contributed by atoms with Crippen LogP contribution in [0.15, 0.2) is 27.9 Å². The number of rotatable bonds is 7. The van der Waals surface area contributed by atoms with Crippen molar-refractivity contribution in [2.75, 3.05) is 25.1 Å². The molecular formula is C18H20N2O5S2. The first-order chi connectivity index (χ1) is 13.0. The van der Waals surface area contributed by atoms with Crippen molar-refractivity contribution in [3.05, 3.63) is 29.3 Å². The number of anilines is 1. The number of benzene rings is 1. The van der Waals surface area contributed by atoms with Crippen LogP contribution in [0.4, 0.5) is 5.69 Å². The van der Waals surface area contributed by atoms with Crippen LogP contribution in [0.5, 0.6) is 11.5 Å². The Morgan fingerprint density at radius 1 is 1.33 bits per heavy atom. The fraction of sp³-hybridized carbons (Fsp3) is 0.389. The van der Waals surface area contributed by atoms with E-state index in [0.717, 1.165) is 4.34 Å². The van der Waals surface area contributed by atoms with Crippen LogP contribution in [0.2, 0.25) is 0 Å². The molecule has 27 heavy (non-hydrogen) atoms. The second-order valence-corrected chi connectivity index (χ2v) is 8.14. The number of carbonyl (C=O) groups excluding carboxylic acids is 2. The average molecular weight is 409 g/mol. The van der Waals surface area contributed by atoms with Crippen molar-refractivity contribution in [2.24, 2.45) is 0 Å². The van der Waals surface area contributed by atoms with Crippen molar-refractivity contribution in [3.63, 3.8) is 0 Å². The molecule has 7 nitrogen and oxygen atoms in total. The molecule has 2 heterocycles. The number of hydrogen-bond donors (Lipinski definition) is 1. The Labute approximate surface area is 165 Å². The van der Waals surface area contributed by atoms with E-state index in [1.165, 1.54) is 23.1 Å². The average Bonchev–Trinajstić information content (AvgIpc) is 3.08. The SMILES string of the molecule is CCOC(=O)Cc1csc(SC(C)C(=O)Nc2ccc3c(c2)OCCO3)n1. The van der Waals surface area contributed by atoms with E-state index >= 15 is 0 Å². The maximum atomic E-state index is 12.5. The molecule has 0 radical (unpaired) electrons. The Kier molecular flexibility index (Phi) is 6.57. The molecule has 1 aliphatic heterocycles. The molecule has 0 saturated carbocycles. The Hall–Kier alpha value is -2.26. The maximum absolute atomic E-state index is 12.5. The Morgan fingerprint density at radius 2 is 2.11 bits per heavy atom. The molecule has 0 bridgehead atoms. The van der Waals surface area contributed by atoms with Crippen molar-refractivity contribution in [1.29, 1.82) is 0 Å². The van der Waals surface area contributed by atoms with Crippen molar-refractivity contribution < 1.29 is 23.8 Å². The fourth-order valence-corrected chi connectivity index (χ4v) is 4.33. The molecule has 1 aromatic heterocycles. The highest BCUT2D eigenvalue weighted by atomic mass is 32.2. The summed E-state index contributed by atoms with van der Waals surface area (Å²) < 4.78 is 16.7. The van der Waals surface area contributed by atoms with Gasteiger partial charge in [0.05, 0.1) is 24.0 Å². The summed E-state index contributed by atoms with van der Waals surface area (Å²) in [5, 5.41) is 4.34. The van der Waals surface area contributed by atoms with Gasteiger partial charge >= 0.3 is 5.97 Å². The predicted octanol–water partition coefficient (Wildman–Crippen LogP) is 3.14. The number of amides is 1. The third kappa shape index (κ3) is 5.36. The van der Waals surface area contributed by atoms with Crippen LogP contribution < -0.4 is 14.8 Å². The topological polar surface area (TPSA) is 86.8 Å². The van der Waals surface area contributed by atoms with Gasteiger partial charge in [0, 0.05) is 17.1 Å². The highest BCUT2D eigenvalue weighted by molar-refractivity contribution is 8.02. The second kappa shape index (κ2) is 9.09. The molecule has 9 heteroatoms. The Morgan fingerprint density at radius 3 is 2.89 bits per heavy atom. The first-order valence-corrected chi connectivity index (χ1v) is 10.3. The molecule has 0 aliphatic carbocycles. The van der Waals surface area contributed by atoms with Gasteiger partial charge in [0.2, 0.25) is 5.91 Å². The summed E-state index contributed by atoms with van der Waals surface area (Å²) in [4.78, 5) is 28.3. The normalized spacial score (nSPS) is 13.7. The molecular weight excluding hydrogens is 388 g/mol. The van der Waals surface area contributed by atoms with Crippen LogP contribution in [0.3, 0.4) is 0 Å². The molecule has 144 valence electrons.